The van der Waals surface area contributed by atoms with E-state index in [1.165, 1.54) is 0 Å². The molecule has 1 aromatic carbocycles. The van der Waals surface area contributed by atoms with E-state index in [1.807, 2.05) is 6.07 Å². The van der Waals surface area contributed by atoms with E-state index in [1.54, 1.807) is 24.5 Å². The molecule has 0 spiro atoms. The van der Waals surface area contributed by atoms with E-state index in [9.17, 15) is 5.11 Å². The largest absolute Gasteiger partial charge is 0.469 e. The summed E-state index contributed by atoms with van der Waals surface area (Å²) >= 11 is 12.2. The highest BCUT2D eigenvalue weighted by atomic mass is 35.5. The highest BCUT2D eigenvalue weighted by molar-refractivity contribution is 6.33. The lowest BCUT2D eigenvalue weighted by molar-refractivity contribution is 0.0590. The van der Waals surface area contributed by atoms with Gasteiger partial charge in [0.05, 0.1) is 6.26 Å². The van der Waals surface area contributed by atoms with Gasteiger partial charge in [-0.2, -0.15) is 0 Å². The number of fused-ring (bicyclic) bond motifs is 1. The summed E-state index contributed by atoms with van der Waals surface area (Å²) in [6, 6.07) is 6.97. The minimum Gasteiger partial charge on any atom is -0.469 e. The molecule has 2 aromatic rings. The van der Waals surface area contributed by atoms with Crippen LogP contribution in [-0.4, -0.2) is 5.11 Å². The van der Waals surface area contributed by atoms with E-state index < -0.39 is 5.60 Å². The van der Waals surface area contributed by atoms with Gasteiger partial charge in [0.25, 0.3) is 0 Å². The molecule has 18 heavy (non-hydrogen) atoms. The second-order valence-electron chi connectivity index (χ2n) is 4.60. The molecule has 1 N–H and O–H groups in total. The molecule has 0 saturated carbocycles. The van der Waals surface area contributed by atoms with Gasteiger partial charge in [0.2, 0.25) is 0 Å². The lowest BCUT2D eigenvalue weighted by Crippen LogP contribution is -2.31. The maximum Gasteiger partial charge on any atom is 0.119 e. The van der Waals surface area contributed by atoms with Gasteiger partial charge in [-0.1, -0.05) is 23.2 Å². The van der Waals surface area contributed by atoms with Crippen LogP contribution < -0.4 is 0 Å². The molecule has 1 aromatic heterocycles. The number of benzene rings is 1. The molecule has 1 atom stereocenters. The van der Waals surface area contributed by atoms with Crippen molar-refractivity contribution in [3.05, 3.63) is 57.5 Å². The van der Waals surface area contributed by atoms with Gasteiger partial charge in [-0.05, 0) is 37.1 Å². The Labute approximate surface area is 115 Å². The number of aryl methyl sites for hydroxylation is 1. The quantitative estimate of drug-likeness (QED) is 0.852. The molecule has 3 rings (SSSR count). The fourth-order valence-corrected chi connectivity index (χ4v) is 3.08. The van der Waals surface area contributed by atoms with Gasteiger partial charge in [-0.15, -0.1) is 0 Å². The van der Waals surface area contributed by atoms with E-state index in [0.717, 1.165) is 24.2 Å². The molecule has 0 amide bonds. The maximum absolute atomic E-state index is 11.0. The summed E-state index contributed by atoms with van der Waals surface area (Å²) < 4.78 is 5.41. The highest BCUT2D eigenvalue weighted by Gasteiger charge is 2.39. The van der Waals surface area contributed by atoms with Crippen molar-refractivity contribution in [1.82, 2.24) is 0 Å². The number of furan rings is 1. The molecule has 0 bridgehead atoms. The highest BCUT2D eigenvalue weighted by Crippen LogP contribution is 2.44. The molecular formula is C14H12Cl2O2. The third kappa shape index (κ3) is 1.76. The van der Waals surface area contributed by atoms with Crippen LogP contribution in [0.1, 0.15) is 29.7 Å². The fraction of sp³-hybridized carbons (Fsp3) is 0.286. The third-order valence-corrected chi connectivity index (χ3v) is 4.07. The standard InChI is InChI=1S/C14H12Cl2O2/c15-9-3-4-12(16)11(8-9)14(17)6-1-2-13-10(14)5-7-18-13/h3-5,7-8,17H,1-2,6H2. The van der Waals surface area contributed by atoms with Crippen molar-refractivity contribution in [3.63, 3.8) is 0 Å². The summed E-state index contributed by atoms with van der Waals surface area (Å²) in [6.07, 6.45) is 3.95. The van der Waals surface area contributed by atoms with Gasteiger partial charge in [0.15, 0.2) is 0 Å². The van der Waals surface area contributed by atoms with E-state index >= 15 is 0 Å². The zero-order chi connectivity index (χ0) is 12.8. The lowest BCUT2D eigenvalue weighted by atomic mass is 9.78. The molecule has 1 heterocycles. The first-order chi connectivity index (χ1) is 8.61. The second kappa shape index (κ2) is 4.30. The molecule has 0 aliphatic heterocycles. The van der Waals surface area contributed by atoms with Gasteiger partial charge < -0.3 is 9.52 Å². The van der Waals surface area contributed by atoms with Gasteiger partial charge >= 0.3 is 0 Å². The molecule has 0 saturated heterocycles. The Bertz CT molecular complexity index is 591. The Kier molecular flexibility index (Phi) is 2.89. The normalized spacial score (nSPS) is 22.8. The van der Waals surface area contributed by atoms with Crippen molar-refractivity contribution in [2.45, 2.75) is 24.9 Å². The van der Waals surface area contributed by atoms with Crippen molar-refractivity contribution in [3.8, 4) is 0 Å². The number of rotatable bonds is 1. The zero-order valence-corrected chi connectivity index (χ0v) is 11.1. The first-order valence-electron chi connectivity index (χ1n) is 5.86. The Morgan fingerprint density at radius 2 is 2.00 bits per heavy atom. The lowest BCUT2D eigenvalue weighted by Gasteiger charge is -2.33. The maximum atomic E-state index is 11.0. The van der Waals surface area contributed by atoms with Crippen molar-refractivity contribution in [2.75, 3.05) is 0 Å². The molecular weight excluding hydrogens is 271 g/mol. The SMILES string of the molecule is OC1(c2cc(Cl)ccc2Cl)CCCc2occc21. The Balaban J connectivity index is 2.20. The summed E-state index contributed by atoms with van der Waals surface area (Å²) in [5, 5.41) is 12.1. The monoisotopic (exact) mass is 282 g/mol. The average Bonchev–Trinajstić information content (AvgIpc) is 2.82. The Hall–Kier alpha value is -0.960. The van der Waals surface area contributed by atoms with Crippen molar-refractivity contribution in [2.24, 2.45) is 0 Å². The second-order valence-corrected chi connectivity index (χ2v) is 5.44. The third-order valence-electron chi connectivity index (χ3n) is 3.51. The number of aliphatic hydroxyl groups is 1. The van der Waals surface area contributed by atoms with E-state index in [4.69, 9.17) is 27.6 Å². The molecule has 1 aliphatic rings. The topological polar surface area (TPSA) is 33.4 Å². The minimum absolute atomic E-state index is 0.524. The Morgan fingerprint density at radius 1 is 1.17 bits per heavy atom. The molecule has 1 unspecified atom stereocenters. The minimum atomic E-state index is -1.09. The van der Waals surface area contributed by atoms with Crippen LogP contribution in [0.4, 0.5) is 0 Å². The number of halogens is 2. The van der Waals surface area contributed by atoms with E-state index in [-0.39, 0.29) is 0 Å². The number of hydrogen-bond acceptors (Lipinski definition) is 2. The summed E-state index contributed by atoms with van der Waals surface area (Å²) in [4.78, 5) is 0. The summed E-state index contributed by atoms with van der Waals surface area (Å²) in [6.45, 7) is 0. The molecule has 94 valence electrons. The Morgan fingerprint density at radius 3 is 2.83 bits per heavy atom. The van der Waals surface area contributed by atoms with Crippen LogP contribution in [0.3, 0.4) is 0 Å². The predicted octanol–water partition coefficient (Wildman–Crippen LogP) is 4.16. The smallest absolute Gasteiger partial charge is 0.119 e. The summed E-state index contributed by atoms with van der Waals surface area (Å²) in [5.41, 5.74) is 0.361. The fourth-order valence-electron chi connectivity index (χ4n) is 2.64. The average molecular weight is 283 g/mol. The molecule has 1 aliphatic carbocycles. The van der Waals surface area contributed by atoms with Crippen LogP contribution in [0.2, 0.25) is 10.0 Å². The summed E-state index contributed by atoms with van der Waals surface area (Å²) in [7, 11) is 0. The summed E-state index contributed by atoms with van der Waals surface area (Å²) in [5.74, 6) is 0.833. The van der Waals surface area contributed by atoms with Crippen LogP contribution in [0, 0.1) is 0 Å². The van der Waals surface area contributed by atoms with E-state index in [2.05, 4.69) is 0 Å². The molecule has 2 nitrogen and oxygen atoms in total. The van der Waals surface area contributed by atoms with Crippen molar-refractivity contribution < 1.29 is 9.52 Å². The van der Waals surface area contributed by atoms with Crippen LogP contribution >= 0.6 is 23.2 Å². The van der Waals surface area contributed by atoms with Crippen molar-refractivity contribution in [1.29, 1.82) is 0 Å². The first-order valence-corrected chi connectivity index (χ1v) is 6.61. The zero-order valence-electron chi connectivity index (χ0n) is 9.62. The van der Waals surface area contributed by atoms with Gasteiger partial charge in [0, 0.05) is 27.6 Å². The molecule has 0 fully saturated rings. The van der Waals surface area contributed by atoms with Crippen LogP contribution in [0.15, 0.2) is 34.9 Å². The van der Waals surface area contributed by atoms with Crippen LogP contribution in [-0.2, 0) is 12.0 Å². The predicted molar refractivity (Wildman–Crippen MR) is 71.1 cm³/mol. The van der Waals surface area contributed by atoms with Gasteiger partial charge in [0.1, 0.15) is 11.4 Å². The van der Waals surface area contributed by atoms with Crippen LogP contribution in [0.5, 0.6) is 0 Å². The van der Waals surface area contributed by atoms with E-state index in [0.29, 0.717) is 22.0 Å². The van der Waals surface area contributed by atoms with Gasteiger partial charge in [-0.25, -0.2) is 0 Å². The molecule has 0 radical (unpaired) electrons. The van der Waals surface area contributed by atoms with Gasteiger partial charge in [-0.3, -0.25) is 0 Å². The van der Waals surface area contributed by atoms with Crippen molar-refractivity contribution >= 4 is 23.2 Å². The van der Waals surface area contributed by atoms with Crippen LogP contribution in [0.25, 0.3) is 0 Å². The molecule has 4 heteroatoms. The number of hydrogen-bond donors (Lipinski definition) is 1. The first kappa shape index (κ1) is 12.1.